The Hall–Kier alpha value is -7.56. The third kappa shape index (κ3) is 14.7. The summed E-state index contributed by atoms with van der Waals surface area (Å²) in [6, 6.07) is 20.0. The van der Waals surface area contributed by atoms with E-state index in [-0.39, 0.29) is 87.8 Å². The summed E-state index contributed by atoms with van der Waals surface area (Å²) in [5, 5.41) is 58.9. The highest BCUT2D eigenvalue weighted by Gasteiger charge is 2.31. The van der Waals surface area contributed by atoms with Crippen molar-refractivity contribution in [3.63, 3.8) is 0 Å². The quantitative estimate of drug-likeness (QED) is 0.0229. The van der Waals surface area contributed by atoms with Gasteiger partial charge in [-0.15, -0.1) is 15.3 Å². The van der Waals surface area contributed by atoms with Gasteiger partial charge in [0.05, 0.1) is 17.1 Å². The molecular formula is C57H71N9O15S3. The van der Waals surface area contributed by atoms with Crippen molar-refractivity contribution in [3.8, 4) is 17.6 Å². The molecule has 24 nitrogen and oxygen atoms in total. The predicted molar refractivity (Wildman–Crippen MR) is 318 cm³/mol. The van der Waals surface area contributed by atoms with Crippen LogP contribution in [0, 0.1) is 32.6 Å². The van der Waals surface area contributed by atoms with E-state index in [4.69, 9.17) is 5.11 Å². The summed E-state index contributed by atoms with van der Waals surface area (Å²) in [6.45, 7) is 17.0. The normalized spacial score (nSPS) is 13.4. The summed E-state index contributed by atoms with van der Waals surface area (Å²) >= 11 is 0. The van der Waals surface area contributed by atoms with Gasteiger partial charge in [0.1, 0.15) is 17.3 Å². The molecule has 3 aromatic heterocycles. The Bertz CT molecular complexity index is 4080. The molecule has 6 N–H and O–H groups in total. The van der Waals surface area contributed by atoms with E-state index < -0.39 is 87.8 Å². The first kappa shape index (κ1) is 65.6. The average Bonchev–Trinajstić information content (AvgIpc) is 2.69. The Morgan fingerprint density at radius 3 is 1.02 bits per heavy atom. The van der Waals surface area contributed by atoms with Gasteiger partial charge in [0.25, 0.3) is 47.0 Å². The summed E-state index contributed by atoms with van der Waals surface area (Å²) in [6.07, 6.45) is 2.82. The lowest BCUT2D eigenvalue weighted by Gasteiger charge is -2.31. The van der Waals surface area contributed by atoms with E-state index in [0.29, 0.717) is 35.5 Å². The number of nitrogens with zero attached hydrogens (tertiary/aromatic N) is 9. The fourth-order valence-corrected chi connectivity index (χ4v) is 12.9. The van der Waals surface area contributed by atoms with Crippen LogP contribution in [0.2, 0.25) is 0 Å². The summed E-state index contributed by atoms with van der Waals surface area (Å²) in [5.74, 6) is -5.51. The first-order chi connectivity index (χ1) is 39.5. The van der Waals surface area contributed by atoms with Crippen molar-refractivity contribution in [1.82, 2.24) is 13.7 Å². The van der Waals surface area contributed by atoms with Gasteiger partial charge in [-0.1, -0.05) is 89.8 Å². The number of azo groups is 3. The molecule has 0 aliphatic heterocycles. The highest BCUT2D eigenvalue weighted by molar-refractivity contribution is 7.85. The first-order valence-electron chi connectivity index (χ1n) is 27.3. The molecule has 0 spiro atoms. The van der Waals surface area contributed by atoms with Gasteiger partial charge in [0, 0.05) is 48.2 Å². The molecule has 27 heteroatoms. The molecule has 0 aliphatic rings. The van der Waals surface area contributed by atoms with Crippen LogP contribution in [0.25, 0.3) is 0 Å². The Balaban J connectivity index is 1.55. The van der Waals surface area contributed by atoms with Crippen LogP contribution in [0.3, 0.4) is 0 Å². The minimum Gasteiger partial charge on any atom is -0.494 e. The molecule has 0 fully saturated rings. The average molecular weight is 1220 g/mol. The van der Waals surface area contributed by atoms with E-state index in [1.165, 1.54) is 20.8 Å². The van der Waals surface area contributed by atoms with Crippen LogP contribution in [-0.2, 0) is 67.2 Å². The summed E-state index contributed by atoms with van der Waals surface area (Å²) < 4.78 is 104. The topological polar surface area (TPSA) is 364 Å². The highest BCUT2D eigenvalue weighted by Crippen LogP contribution is 2.46. The third-order valence-corrected chi connectivity index (χ3v) is 17.3. The van der Waals surface area contributed by atoms with Crippen LogP contribution >= 0.6 is 0 Å². The zero-order chi connectivity index (χ0) is 62.3. The van der Waals surface area contributed by atoms with E-state index in [0.717, 1.165) is 43.2 Å². The van der Waals surface area contributed by atoms with E-state index in [1.807, 2.05) is 50.2 Å². The molecule has 3 aromatic carbocycles. The summed E-state index contributed by atoms with van der Waals surface area (Å²) in [4.78, 5) is 40.9. The zero-order valence-corrected chi connectivity index (χ0v) is 50.8. The molecule has 0 bridgehead atoms. The predicted octanol–water partition coefficient (Wildman–Crippen LogP) is 11.8. The number of rotatable bonds is 25. The number of benzene rings is 3. The molecule has 2 atom stereocenters. The first-order valence-corrected chi connectivity index (χ1v) is 32.1. The summed E-state index contributed by atoms with van der Waals surface area (Å²) in [7, 11) is -13.9. The van der Waals surface area contributed by atoms with Crippen molar-refractivity contribution in [3.05, 3.63) is 153 Å². The second-order valence-corrected chi connectivity index (χ2v) is 24.7. The molecular weight excluding hydrogens is 1150 g/mol. The maximum atomic E-state index is 14.0. The molecule has 452 valence electrons. The Morgan fingerprint density at radius 1 is 0.417 bits per heavy atom. The standard InChI is InChI=1S/C57H71N9O15S3/c1-11-35(12-2)47(37-18-23-40(24-19-37)58-61-49-32(8)43(29-82(73,74)75)52(67)64(15-5)55(49)70)39-22-27-46(60-63-51-34(10)45(31-84(79,80)81)54(69)66(17-7)57(51)72)42(28-39)48(36(13-3)14-4)38-20-25-41(26-21-38)59-62-50-33(9)44(30-83(76,77)78)53(68)65(16-6)56(50)71/h18-28,35-36,47-48,67-69H,11-17,29-31H2,1-10H3,(H,73,74,75)(H,76,77,78)(H,79,80,81)/b61-58+,62-59+,63-60+. The van der Waals surface area contributed by atoms with E-state index in [1.54, 1.807) is 51.1 Å². The number of aromatic hydroxyl groups is 3. The van der Waals surface area contributed by atoms with Gasteiger partial charge in [0.15, 0.2) is 34.7 Å². The van der Waals surface area contributed by atoms with Crippen LogP contribution in [0.5, 0.6) is 17.6 Å². The molecule has 0 aliphatic carbocycles. The van der Waals surface area contributed by atoms with Gasteiger partial charge in [-0.3, -0.25) is 41.7 Å². The van der Waals surface area contributed by atoms with E-state index >= 15 is 0 Å². The second-order valence-electron chi connectivity index (χ2n) is 20.4. The maximum Gasteiger partial charge on any atom is 0.281 e. The van der Waals surface area contributed by atoms with Crippen LogP contribution in [0.15, 0.2) is 112 Å². The molecule has 0 amide bonds. The third-order valence-electron chi connectivity index (χ3n) is 15.4. The molecule has 6 rings (SSSR count). The fourth-order valence-electron chi connectivity index (χ4n) is 10.8. The number of pyridine rings is 3. The van der Waals surface area contributed by atoms with Crippen LogP contribution in [-0.4, -0.2) is 67.9 Å². The molecule has 0 saturated carbocycles. The molecule has 2 unspecified atom stereocenters. The molecule has 3 heterocycles. The highest BCUT2D eigenvalue weighted by atomic mass is 32.2. The SMILES string of the molecule is CCC(CC)C(c1ccc(/N=N/c2c(C)c(CS(=O)(=O)O)c(O)n(CC)c2=O)cc1)c1ccc(/N=N/c2c(C)c(CS(=O)(=O)O)c(O)n(CC)c2=O)c(C(c2ccc(/N=N/c3c(C)c(CS(=O)(=O)O)c(O)n(CC)c3=O)cc2)C(CC)CC)c1. The zero-order valence-electron chi connectivity index (χ0n) is 48.3. The van der Waals surface area contributed by atoms with E-state index in [9.17, 15) is 68.6 Å². The maximum absolute atomic E-state index is 14.0. The van der Waals surface area contributed by atoms with Gasteiger partial charge in [-0.05, 0) is 123 Å². The molecule has 84 heavy (non-hydrogen) atoms. The Kier molecular flexibility index (Phi) is 21.1. The summed E-state index contributed by atoms with van der Waals surface area (Å²) in [5.41, 5.74) is 0.665. The van der Waals surface area contributed by atoms with Crippen molar-refractivity contribution in [1.29, 1.82) is 0 Å². The lowest BCUT2D eigenvalue weighted by atomic mass is 9.74. The van der Waals surface area contributed by atoms with Crippen LogP contribution < -0.4 is 16.7 Å². The number of aromatic nitrogens is 3. The number of hydrogen-bond acceptors (Lipinski definition) is 18. The van der Waals surface area contributed by atoms with Crippen molar-refractivity contribution in [2.45, 2.75) is 144 Å². The number of hydrogen-bond donors (Lipinski definition) is 6. The van der Waals surface area contributed by atoms with Crippen molar-refractivity contribution in [2.24, 2.45) is 42.5 Å². The van der Waals surface area contributed by atoms with Gasteiger partial charge in [-0.2, -0.15) is 40.6 Å². The van der Waals surface area contributed by atoms with Crippen molar-refractivity contribution >= 4 is 64.5 Å². The Morgan fingerprint density at radius 2 is 0.714 bits per heavy atom. The van der Waals surface area contributed by atoms with Gasteiger partial charge in [0.2, 0.25) is 0 Å². The monoisotopic (exact) mass is 1220 g/mol. The molecule has 0 saturated heterocycles. The molecule has 6 aromatic rings. The second kappa shape index (κ2) is 27.0. The van der Waals surface area contributed by atoms with Crippen LogP contribution in [0.1, 0.15) is 142 Å². The lowest BCUT2D eigenvalue weighted by molar-refractivity contribution is 0.403. The van der Waals surface area contributed by atoms with E-state index in [2.05, 4.69) is 39.4 Å². The van der Waals surface area contributed by atoms with Gasteiger partial charge < -0.3 is 15.3 Å². The largest absolute Gasteiger partial charge is 0.494 e. The Labute approximate surface area is 487 Å². The fraction of sp³-hybridized carbons (Fsp3) is 0.421. The minimum atomic E-state index is -4.69. The van der Waals surface area contributed by atoms with Crippen LogP contribution in [0.4, 0.5) is 34.1 Å². The minimum absolute atomic E-state index is 0.00960. The molecule has 0 radical (unpaired) electrons. The lowest BCUT2D eigenvalue weighted by Crippen LogP contribution is -2.22. The van der Waals surface area contributed by atoms with Crippen molar-refractivity contribution < 1.29 is 54.2 Å². The smallest absolute Gasteiger partial charge is 0.281 e. The van der Waals surface area contributed by atoms with Gasteiger partial charge >= 0.3 is 0 Å². The van der Waals surface area contributed by atoms with Gasteiger partial charge in [-0.25, -0.2) is 0 Å². The van der Waals surface area contributed by atoms with Crippen molar-refractivity contribution in [2.75, 3.05) is 0 Å².